The molecule has 13 nitrogen and oxygen atoms in total. The Morgan fingerprint density at radius 3 is 1.79 bits per heavy atom. The highest BCUT2D eigenvalue weighted by atomic mass is 31.2. The topological polar surface area (TPSA) is 192 Å². The maximum atomic E-state index is 14.7. The van der Waals surface area contributed by atoms with E-state index in [1.54, 1.807) is 51.1 Å². The number of allylic oxidation sites excluding steroid dienone is 2. The van der Waals surface area contributed by atoms with Crippen LogP contribution in [-0.4, -0.2) is 64.5 Å². The zero-order valence-electron chi connectivity index (χ0n) is 39.1. The van der Waals surface area contributed by atoms with E-state index in [0.717, 1.165) is 51.4 Å². The Balaban J connectivity index is 1.95. The van der Waals surface area contributed by atoms with Crippen LogP contribution in [0.1, 0.15) is 169 Å². The first-order chi connectivity index (χ1) is 28.7. The average molecular weight is 885 g/mol. The Morgan fingerprint density at radius 2 is 1.31 bits per heavy atom. The van der Waals surface area contributed by atoms with Gasteiger partial charge in [0.15, 0.2) is 0 Å². The molecule has 0 aliphatic heterocycles. The fourth-order valence-corrected chi connectivity index (χ4v) is 11.2. The Hall–Kier alpha value is -3.80. The van der Waals surface area contributed by atoms with E-state index in [-0.39, 0.29) is 30.8 Å². The number of rotatable bonds is 20. The molecule has 14 heteroatoms. The molecule has 2 fully saturated rings. The molecule has 62 heavy (non-hydrogen) atoms. The monoisotopic (exact) mass is 885 g/mol. The number of hydrogen-bond donors (Lipinski definition) is 4. The van der Waals surface area contributed by atoms with Gasteiger partial charge in [0.25, 0.3) is 0 Å². The van der Waals surface area contributed by atoms with Gasteiger partial charge >= 0.3 is 13.6 Å². The third kappa shape index (κ3) is 17.1. The van der Waals surface area contributed by atoms with Crippen molar-refractivity contribution >= 4 is 37.2 Å². The quantitative estimate of drug-likeness (QED) is 0.0429. The summed E-state index contributed by atoms with van der Waals surface area (Å²) in [5.41, 5.74) is 3.04. The molecule has 2 aliphatic rings. The van der Waals surface area contributed by atoms with Crippen molar-refractivity contribution in [3.63, 3.8) is 0 Å². The smallest absolute Gasteiger partial charge is 0.336 e. The van der Waals surface area contributed by atoms with Crippen molar-refractivity contribution in [2.45, 2.75) is 193 Å². The molecule has 1 aromatic rings. The second-order valence-corrected chi connectivity index (χ2v) is 22.4. The summed E-state index contributed by atoms with van der Waals surface area (Å²) in [5.74, 6) is -4.84. The summed E-state index contributed by atoms with van der Waals surface area (Å²) in [5, 5.41) is 8.87. The van der Waals surface area contributed by atoms with Gasteiger partial charge in [-0.3, -0.25) is 28.5 Å². The third-order valence-electron chi connectivity index (χ3n) is 11.3. The predicted octanol–water partition coefficient (Wildman–Crippen LogP) is 8.84. The van der Waals surface area contributed by atoms with Crippen molar-refractivity contribution < 1.29 is 42.3 Å². The van der Waals surface area contributed by atoms with E-state index < -0.39 is 83.8 Å². The summed E-state index contributed by atoms with van der Waals surface area (Å²) < 4.78 is 31.7. The lowest BCUT2D eigenvalue weighted by molar-refractivity contribution is -0.157. The highest BCUT2D eigenvalue weighted by molar-refractivity contribution is 7.53. The van der Waals surface area contributed by atoms with E-state index in [9.17, 15) is 28.5 Å². The molecule has 2 saturated carbocycles. The molecule has 3 atom stereocenters. The second kappa shape index (κ2) is 22.2. The number of esters is 1. The van der Waals surface area contributed by atoms with Gasteiger partial charge in [-0.25, -0.2) is 0 Å². The van der Waals surface area contributed by atoms with Gasteiger partial charge in [0.1, 0.15) is 17.2 Å². The fraction of sp³-hybridized carbons (Fsp3) is 0.688. The summed E-state index contributed by atoms with van der Waals surface area (Å²) in [6.45, 7) is 24.5. The lowest BCUT2D eigenvalue weighted by atomic mass is 9.77. The average Bonchev–Trinajstić information content (AvgIpc) is 3.37. The summed E-state index contributed by atoms with van der Waals surface area (Å²) in [6.07, 6.45) is 12.3. The van der Waals surface area contributed by atoms with E-state index in [1.165, 1.54) is 0 Å². The van der Waals surface area contributed by atoms with Crippen LogP contribution in [0.5, 0.6) is 0 Å². The van der Waals surface area contributed by atoms with Gasteiger partial charge in [0, 0.05) is 12.5 Å². The van der Waals surface area contributed by atoms with E-state index in [2.05, 4.69) is 29.1 Å². The largest absolute Gasteiger partial charge is 0.460 e. The highest BCUT2D eigenvalue weighted by Crippen LogP contribution is 2.57. The molecule has 4 amide bonds. The van der Waals surface area contributed by atoms with Gasteiger partial charge < -0.3 is 35.5 Å². The van der Waals surface area contributed by atoms with Gasteiger partial charge in [-0.05, 0) is 111 Å². The Morgan fingerprint density at radius 1 is 0.774 bits per heavy atom. The van der Waals surface area contributed by atoms with Gasteiger partial charge in [-0.15, -0.1) is 13.2 Å². The highest BCUT2D eigenvalue weighted by Gasteiger charge is 2.45. The van der Waals surface area contributed by atoms with Crippen molar-refractivity contribution in [3.05, 3.63) is 60.7 Å². The van der Waals surface area contributed by atoms with Gasteiger partial charge in [0.2, 0.25) is 23.6 Å². The number of benzene rings is 1. The number of carbonyl (C=O) groups is 5. The molecule has 0 heterocycles. The number of nitrogens with two attached hydrogens (primary N) is 1. The van der Waals surface area contributed by atoms with Crippen LogP contribution in [0, 0.1) is 11.3 Å². The molecular formula is C48H77N4O9P. The number of ether oxygens (including phenoxy) is 1. The second-order valence-electron chi connectivity index (χ2n) is 20.5. The Kier molecular flexibility index (Phi) is 18.8. The third-order valence-corrected chi connectivity index (χ3v) is 13.7. The summed E-state index contributed by atoms with van der Waals surface area (Å²) >= 11 is 0. The van der Waals surface area contributed by atoms with Crippen molar-refractivity contribution in [2.24, 2.45) is 17.1 Å². The van der Waals surface area contributed by atoms with Crippen LogP contribution < -0.4 is 21.7 Å². The van der Waals surface area contributed by atoms with Crippen LogP contribution in [0.25, 0.3) is 0 Å². The Labute approximate surface area is 371 Å². The zero-order valence-corrected chi connectivity index (χ0v) is 40.0. The summed E-state index contributed by atoms with van der Waals surface area (Å²) in [6, 6.07) is 5.89. The maximum absolute atomic E-state index is 14.7. The minimum Gasteiger partial charge on any atom is -0.460 e. The van der Waals surface area contributed by atoms with Gasteiger partial charge in [-0.1, -0.05) is 81.4 Å². The standard InChI is InChI=1S/C48H77N4O9P/c1-12-25-47(26-17-14-15-18-27-47)33-50-42(56)38(31-39(49)53)51-43(57)48(28-19-16-20-29-48)52-41(55)37(30-40(54)59-44(3,4)5)36(13-2)35-23-21-34(22-24-35)32-62(58,60-45(6,7)8)61-46(9,10)11/h12-13,21-24,36-38H,1-2,14-20,25-33H2,3-11H3,(H2,49,53)(H,50,56)(H,51,57)(H,52,55)/t36-,37+,38+/m1/s1. The van der Waals surface area contributed by atoms with Crippen LogP contribution in [0.4, 0.5) is 0 Å². The number of primary amides is 1. The molecule has 0 radical (unpaired) electrons. The van der Waals surface area contributed by atoms with Gasteiger partial charge in [0.05, 0.1) is 36.1 Å². The first-order valence-electron chi connectivity index (χ1n) is 22.5. The van der Waals surface area contributed by atoms with Crippen LogP contribution in [0.15, 0.2) is 49.6 Å². The maximum Gasteiger partial charge on any atom is 0.336 e. The first kappa shape index (κ1) is 52.5. The SMILES string of the molecule is C=CCC1(CNC(=O)[C@H](CC(N)=O)NC(=O)C2(NC(=O)[C@@H](CC(=O)OC(C)(C)C)[C@H](C=C)c3ccc(CP(=O)(OC(C)(C)C)OC(C)(C)C)cc3)CCCCC2)CCCCCC1. The predicted molar refractivity (Wildman–Crippen MR) is 244 cm³/mol. The molecule has 0 saturated heterocycles. The number of amides is 4. The number of carbonyl (C=O) groups excluding carboxylic acids is 5. The molecule has 0 unspecified atom stereocenters. The van der Waals surface area contributed by atoms with Gasteiger partial charge in [-0.2, -0.15) is 0 Å². The van der Waals surface area contributed by atoms with E-state index in [0.29, 0.717) is 30.5 Å². The molecule has 2 aliphatic carbocycles. The Bertz CT molecular complexity index is 1740. The first-order valence-corrected chi connectivity index (χ1v) is 24.2. The zero-order chi connectivity index (χ0) is 46.6. The molecule has 1 aromatic carbocycles. The van der Waals surface area contributed by atoms with E-state index in [4.69, 9.17) is 19.5 Å². The molecule has 5 N–H and O–H groups in total. The minimum absolute atomic E-state index is 0.00446. The van der Waals surface area contributed by atoms with Crippen molar-refractivity contribution in [2.75, 3.05) is 6.54 Å². The molecule has 0 bridgehead atoms. The van der Waals surface area contributed by atoms with Crippen molar-refractivity contribution in [3.8, 4) is 0 Å². The van der Waals surface area contributed by atoms with Crippen molar-refractivity contribution in [1.82, 2.24) is 16.0 Å². The molecule has 0 aromatic heterocycles. The van der Waals surface area contributed by atoms with Crippen LogP contribution >= 0.6 is 7.60 Å². The van der Waals surface area contributed by atoms with Crippen LogP contribution in [0.3, 0.4) is 0 Å². The lowest BCUT2D eigenvalue weighted by Crippen LogP contribution is -2.64. The molecular weight excluding hydrogens is 808 g/mol. The lowest BCUT2D eigenvalue weighted by Gasteiger charge is -2.39. The molecule has 3 rings (SSSR count). The fourth-order valence-electron chi connectivity index (χ4n) is 8.70. The molecule has 0 spiro atoms. The van der Waals surface area contributed by atoms with Crippen molar-refractivity contribution in [1.29, 1.82) is 0 Å². The molecule has 348 valence electrons. The van der Waals surface area contributed by atoms with Crippen LogP contribution in [0.2, 0.25) is 0 Å². The van der Waals surface area contributed by atoms with Crippen LogP contribution in [-0.2, 0) is 48.5 Å². The summed E-state index contributed by atoms with van der Waals surface area (Å²) in [7, 11) is -3.62. The normalized spacial score (nSPS) is 18.5. The number of nitrogens with one attached hydrogen (secondary N) is 3. The van der Waals surface area contributed by atoms with E-state index in [1.807, 2.05) is 47.6 Å². The number of hydrogen-bond acceptors (Lipinski definition) is 9. The van der Waals surface area contributed by atoms with E-state index >= 15 is 0 Å². The summed E-state index contributed by atoms with van der Waals surface area (Å²) in [4.78, 5) is 68.8. The minimum atomic E-state index is -3.62.